The molecule has 0 aliphatic rings. The first kappa shape index (κ1) is 10.1. The molecule has 0 amide bonds. The van der Waals surface area contributed by atoms with E-state index in [4.69, 9.17) is 11.6 Å². The van der Waals surface area contributed by atoms with Gasteiger partial charge < -0.3 is 0 Å². The van der Waals surface area contributed by atoms with Crippen molar-refractivity contribution in [2.75, 3.05) is 5.43 Å². The van der Waals surface area contributed by atoms with Crippen molar-refractivity contribution in [3.63, 3.8) is 0 Å². The SMILES string of the molecule is Clc1cccc2c1ccn2Nc1cncnc1. The van der Waals surface area contributed by atoms with Gasteiger partial charge in [-0.2, -0.15) is 0 Å². The predicted octanol–water partition coefficient (Wildman–Crippen LogP) is 2.96. The van der Waals surface area contributed by atoms with E-state index in [1.807, 2.05) is 35.1 Å². The van der Waals surface area contributed by atoms with Crippen molar-refractivity contribution in [1.82, 2.24) is 14.6 Å². The van der Waals surface area contributed by atoms with Crippen LogP contribution < -0.4 is 5.43 Å². The van der Waals surface area contributed by atoms with Crippen LogP contribution in [0.1, 0.15) is 0 Å². The van der Waals surface area contributed by atoms with Gasteiger partial charge in [0, 0.05) is 11.6 Å². The second-order valence-corrected chi connectivity index (χ2v) is 4.00. The minimum atomic E-state index is 0.743. The molecule has 1 aromatic carbocycles. The Morgan fingerprint density at radius 3 is 2.76 bits per heavy atom. The standard InChI is InChI=1S/C12H9ClN4/c13-11-2-1-3-12-10(11)4-5-17(12)16-9-6-14-8-15-7-9/h1-8,16H. The molecule has 2 aromatic heterocycles. The highest BCUT2D eigenvalue weighted by Gasteiger charge is 2.03. The number of nitrogens with one attached hydrogen (secondary N) is 1. The Kier molecular flexibility index (Phi) is 2.42. The molecule has 0 bridgehead atoms. The minimum absolute atomic E-state index is 0.743. The number of fused-ring (bicyclic) bond motifs is 1. The first-order chi connectivity index (χ1) is 8.34. The van der Waals surface area contributed by atoms with Gasteiger partial charge in [0.2, 0.25) is 0 Å². The molecule has 5 heteroatoms. The lowest BCUT2D eigenvalue weighted by atomic mass is 10.2. The van der Waals surface area contributed by atoms with Gasteiger partial charge in [0.15, 0.2) is 0 Å². The summed E-state index contributed by atoms with van der Waals surface area (Å²) in [6.45, 7) is 0. The number of rotatable bonds is 2. The zero-order valence-corrected chi connectivity index (χ0v) is 9.59. The molecule has 2 heterocycles. The summed E-state index contributed by atoms with van der Waals surface area (Å²) in [7, 11) is 0. The first-order valence-electron chi connectivity index (χ1n) is 5.12. The van der Waals surface area contributed by atoms with Crippen molar-refractivity contribution in [3.8, 4) is 0 Å². The molecule has 0 saturated heterocycles. The van der Waals surface area contributed by atoms with Crippen molar-refractivity contribution in [1.29, 1.82) is 0 Å². The summed E-state index contributed by atoms with van der Waals surface area (Å²) >= 11 is 6.11. The van der Waals surface area contributed by atoms with Gasteiger partial charge in [-0.3, -0.25) is 10.1 Å². The number of hydrogen-bond donors (Lipinski definition) is 1. The third kappa shape index (κ3) is 1.83. The van der Waals surface area contributed by atoms with Crippen LogP contribution in [0.25, 0.3) is 10.9 Å². The van der Waals surface area contributed by atoms with Crippen molar-refractivity contribution in [2.24, 2.45) is 0 Å². The van der Waals surface area contributed by atoms with Crippen LogP contribution in [-0.2, 0) is 0 Å². The molecule has 0 atom stereocenters. The summed E-state index contributed by atoms with van der Waals surface area (Å²) in [5.41, 5.74) is 5.03. The van der Waals surface area contributed by atoms with Crippen LogP contribution in [0, 0.1) is 0 Å². The molecule has 0 saturated carbocycles. The maximum Gasteiger partial charge on any atom is 0.115 e. The summed E-state index contributed by atoms with van der Waals surface area (Å²) in [6.07, 6.45) is 6.84. The van der Waals surface area contributed by atoms with Crippen LogP contribution in [0.4, 0.5) is 5.69 Å². The highest BCUT2D eigenvalue weighted by atomic mass is 35.5. The molecule has 4 nitrogen and oxygen atoms in total. The Hall–Kier alpha value is -2.07. The van der Waals surface area contributed by atoms with E-state index in [0.717, 1.165) is 21.6 Å². The third-order valence-corrected chi connectivity index (χ3v) is 2.82. The molecule has 0 radical (unpaired) electrons. The van der Waals surface area contributed by atoms with Crippen LogP contribution in [0.15, 0.2) is 49.2 Å². The largest absolute Gasteiger partial charge is 0.291 e. The van der Waals surface area contributed by atoms with Crippen molar-refractivity contribution >= 4 is 28.2 Å². The average molecular weight is 245 g/mol. The fraction of sp³-hybridized carbons (Fsp3) is 0. The second kappa shape index (κ2) is 4.07. The number of hydrogen-bond acceptors (Lipinski definition) is 3. The molecular formula is C12H9ClN4. The van der Waals surface area contributed by atoms with E-state index in [-0.39, 0.29) is 0 Å². The average Bonchev–Trinajstić information content (AvgIpc) is 2.76. The summed E-state index contributed by atoms with van der Waals surface area (Å²) in [4.78, 5) is 7.90. The second-order valence-electron chi connectivity index (χ2n) is 3.60. The van der Waals surface area contributed by atoms with E-state index in [1.165, 1.54) is 6.33 Å². The molecule has 0 aliphatic heterocycles. The van der Waals surface area contributed by atoms with E-state index < -0.39 is 0 Å². The zero-order chi connectivity index (χ0) is 11.7. The van der Waals surface area contributed by atoms with Crippen molar-refractivity contribution in [3.05, 3.63) is 54.2 Å². The van der Waals surface area contributed by atoms with Gasteiger partial charge in [-0.05, 0) is 18.2 Å². The number of nitrogens with zero attached hydrogens (tertiary/aromatic N) is 3. The topological polar surface area (TPSA) is 42.7 Å². The smallest absolute Gasteiger partial charge is 0.115 e. The number of anilines is 1. The lowest BCUT2D eigenvalue weighted by molar-refractivity contribution is 0.996. The quantitative estimate of drug-likeness (QED) is 0.754. The molecule has 3 rings (SSSR count). The highest BCUT2D eigenvalue weighted by Crippen LogP contribution is 2.24. The Balaban J connectivity index is 2.05. The van der Waals surface area contributed by atoms with Crippen molar-refractivity contribution < 1.29 is 0 Å². The third-order valence-electron chi connectivity index (χ3n) is 2.49. The molecule has 1 N–H and O–H groups in total. The predicted molar refractivity (Wildman–Crippen MR) is 68.0 cm³/mol. The van der Waals surface area contributed by atoms with Gasteiger partial charge in [0.1, 0.15) is 6.33 Å². The summed E-state index contributed by atoms with van der Waals surface area (Å²) < 4.78 is 1.89. The number of halogens is 1. The van der Waals surface area contributed by atoms with Gasteiger partial charge >= 0.3 is 0 Å². The van der Waals surface area contributed by atoms with E-state index in [1.54, 1.807) is 12.4 Å². The maximum absolute atomic E-state index is 6.11. The van der Waals surface area contributed by atoms with Gasteiger partial charge in [-0.1, -0.05) is 17.7 Å². The molecule has 0 spiro atoms. The minimum Gasteiger partial charge on any atom is -0.291 e. The van der Waals surface area contributed by atoms with Gasteiger partial charge in [-0.25, -0.2) is 9.97 Å². The van der Waals surface area contributed by atoms with E-state index in [0.29, 0.717) is 0 Å². The molecular weight excluding hydrogens is 236 g/mol. The van der Waals surface area contributed by atoms with Crippen LogP contribution in [0.3, 0.4) is 0 Å². The summed E-state index contributed by atoms with van der Waals surface area (Å²) in [5.74, 6) is 0. The molecule has 0 aliphatic carbocycles. The Labute approximate surface area is 103 Å². The van der Waals surface area contributed by atoms with Crippen LogP contribution in [0.5, 0.6) is 0 Å². The normalized spacial score (nSPS) is 10.6. The van der Waals surface area contributed by atoms with Gasteiger partial charge in [-0.15, -0.1) is 0 Å². The van der Waals surface area contributed by atoms with E-state index >= 15 is 0 Å². The molecule has 3 aromatic rings. The van der Waals surface area contributed by atoms with Gasteiger partial charge in [0.05, 0.1) is 28.6 Å². The van der Waals surface area contributed by atoms with Crippen LogP contribution in [0.2, 0.25) is 5.02 Å². The van der Waals surface area contributed by atoms with Crippen molar-refractivity contribution in [2.45, 2.75) is 0 Å². The zero-order valence-electron chi connectivity index (χ0n) is 8.84. The fourth-order valence-corrected chi connectivity index (χ4v) is 1.96. The maximum atomic E-state index is 6.11. The van der Waals surface area contributed by atoms with E-state index in [2.05, 4.69) is 15.4 Å². The van der Waals surface area contributed by atoms with Crippen LogP contribution in [-0.4, -0.2) is 14.6 Å². The molecule has 0 fully saturated rings. The Bertz CT molecular complexity index is 648. The molecule has 0 unspecified atom stereocenters. The number of benzene rings is 1. The number of aromatic nitrogens is 3. The molecule has 84 valence electrons. The monoisotopic (exact) mass is 244 g/mol. The Morgan fingerprint density at radius 1 is 1.12 bits per heavy atom. The van der Waals surface area contributed by atoms with Crippen LogP contribution >= 0.6 is 11.6 Å². The fourth-order valence-electron chi connectivity index (χ4n) is 1.72. The lowest BCUT2D eigenvalue weighted by Gasteiger charge is -2.08. The summed E-state index contributed by atoms with van der Waals surface area (Å²) in [5, 5.41) is 1.76. The van der Waals surface area contributed by atoms with Gasteiger partial charge in [0.25, 0.3) is 0 Å². The first-order valence-corrected chi connectivity index (χ1v) is 5.50. The van der Waals surface area contributed by atoms with E-state index in [9.17, 15) is 0 Å². The Morgan fingerprint density at radius 2 is 1.94 bits per heavy atom. The molecule has 17 heavy (non-hydrogen) atoms. The lowest BCUT2D eigenvalue weighted by Crippen LogP contribution is -2.07. The highest BCUT2D eigenvalue weighted by molar-refractivity contribution is 6.35. The summed E-state index contributed by atoms with van der Waals surface area (Å²) in [6, 6.07) is 7.76.